The van der Waals surface area contributed by atoms with Crippen molar-refractivity contribution in [2.75, 3.05) is 12.3 Å². The summed E-state index contributed by atoms with van der Waals surface area (Å²) < 4.78 is 5.10. The number of hydrogen-bond donors (Lipinski definition) is 3. The van der Waals surface area contributed by atoms with Gasteiger partial charge >= 0.3 is 6.03 Å². The van der Waals surface area contributed by atoms with Crippen molar-refractivity contribution in [3.05, 3.63) is 58.7 Å². The van der Waals surface area contributed by atoms with Crippen LogP contribution in [0.15, 0.2) is 40.7 Å². The molecule has 0 bridgehead atoms. The summed E-state index contributed by atoms with van der Waals surface area (Å²) in [5.74, 6) is 0.295. The van der Waals surface area contributed by atoms with Crippen molar-refractivity contribution in [1.82, 2.24) is 20.3 Å². The van der Waals surface area contributed by atoms with Gasteiger partial charge in [-0.1, -0.05) is 23.4 Å². The van der Waals surface area contributed by atoms with Crippen LogP contribution in [0.25, 0.3) is 0 Å². The molecule has 0 unspecified atom stereocenters. The van der Waals surface area contributed by atoms with Crippen molar-refractivity contribution in [2.45, 2.75) is 26.9 Å². The molecule has 28 heavy (non-hydrogen) atoms. The molecule has 1 fully saturated rings. The van der Waals surface area contributed by atoms with Crippen molar-refractivity contribution in [2.24, 2.45) is 0 Å². The first-order chi connectivity index (χ1) is 13.4. The summed E-state index contributed by atoms with van der Waals surface area (Å²) in [6.07, 6.45) is 2.44. The number of amides is 3. The summed E-state index contributed by atoms with van der Waals surface area (Å²) in [5, 5.41) is 14.5. The molecule has 0 spiro atoms. The molecule has 146 valence electrons. The number of para-hydroxylation sites is 1. The van der Waals surface area contributed by atoms with Gasteiger partial charge in [-0.15, -0.1) is 0 Å². The fourth-order valence-electron chi connectivity index (χ4n) is 2.99. The van der Waals surface area contributed by atoms with Crippen LogP contribution in [0.5, 0.6) is 0 Å². The van der Waals surface area contributed by atoms with Crippen molar-refractivity contribution in [3.8, 4) is 0 Å². The van der Waals surface area contributed by atoms with Crippen LogP contribution in [0.1, 0.15) is 22.6 Å². The van der Waals surface area contributed by atoms with Gasteiger partial charge in [0.15, 0.2) is 0 Å². The quantitative estimate of drug-likeness (QED) is 0.381. The Balaban J connectivity index is 1.71. The monoisotopic (exact) mass is 382 g/mol. The number of imide groups is 1. The van der Waals surface area contributed by atoms with Gasteiger partial charge in [0.1, 0.15) is 12.3 Å². The first-order valence-electron chi connectivity index (χ1n) is 8.73. The number of rotatable bonds is 7. The summed E-state index contributed by atoms with van der Waals surface area (Å²) >= 11 is 0. The minimum atomic E-state index is -0.484. The molecule has 1 aromatic heterocycles. The lowest BCUT2D eigenvalue weighted by atomic mass is 10.2. The van der Waals surface area contributed by atoms with Crippen molar-refractivity contribution < 1.29 is 14.1 Å². The third kappa shape index (κ3) is 3.73. The molecule has 9 heteroatoms. The SMILES string of the molecule is Cc1noc(C)c1CN/C=C(\C=N)N1C(=O)CN(Cc2ccccc2N)C1=O. The van der Waals surface area contributed by atoms with Gasteiger partial charge in [0, 0.05) is 30.2 Å². The fraction of sp³-hybridized carbons (Fsp3) is 0.263. The van der Waals surface area contributed by atoms with Crippen LogP contribution >= 0.6 is 0 Å². The van der Waals surface area contributed by atoms with Gasteiger partial charge in [0.2, 0.25) is 0 Å². The molecule has 0 atom stereocenters. The summed E-state index contributed by atoms with van der Waals surface area (Å²) in [4.78, 5) is 27.5. The highest BCUT2D eigenvalue weighted by molar-refractivity contribution is 6.07. The highest BCUT2D eigenvalue weighted by Gasteiger charge is 2.37. The first kappa shape index (κ1) is 19.2. The molecule has 2 aromatic rings. The smallest absolute Gasteiger partial charge is 0.332 e. The Morgan fingerprint density at radius 1 is 1.36 bits per heavy atom. The van der Waals surface area contributed by atoms with Crippen LogP contribution in [0.2, 0.25) is 0 Å². The maximum absolute atomic E-state index is 12.7. The average Bonchev–Trinajstić information content (AvgIpc) is 3.13. The number of urea groups is 1. The number of hydrogen-bond acceptors (Lipinski definition) is 7. The zero-order chi connectivity index (χ0) is 20.3. The molecule has 1 saturated heterocycles. The predicted octanol–water partition coefficient (Wildman–Crippen LogP) is 1.92. The van der Waals surface area contributed by atoms with Crippen LogP contribution in [0, 0.1) is 19.3 Å². The molecular weight excluding hydrogens is 360 g/mol. The molecule has 4 N–H and O–H groups in total. The van der Waals surface area contributed by atoms with E-state index in [1.165, 1.54) is 11.1 Å². The number of allylic oxidation sites excluding steroid dienone is 1. The van der Waals surface area contributed by atoms with E-state index in [0.717, 1.165) is 27.9 Å². The van der Waals surface area contributed by atoms with E-state index >= 15 is 0 Å². The zero-order valence-corrected chi connectivity index (χ0v) is 15.7. The van der Waals surface area contributed by atoms with Gasteiger partial charge < -0.3 is 25.9 Å². The Morgan fingerprint density at radius 3 is 2.75 bits per heavy atom. The van der Waals surface area contributed by atoms with E-state index in [2.05, 4.69) is 10.5 Å². The molecule has 1 aromatic carbocycles. The van der Waals surface area contributed by atoms with Gasteiger partial charge in [-0.2, -0.15) is 0 Å². The standard InChI is InChI=1S/C19H22N6O3/c1-12-16(13(2)28-23-12)9-22-8-15(7-20)25-18(26)11-24(19(25)27)10-14-5-3-4-6-17(14)21/h3-8,20,22H,9-11,21H2,1-2H3/b15-8+,20-7?. The Labute approximate surface area is 162 Å². The second kappa shape index (κ2) is 7.95. The van der Waals surface area contributed by atoms with E-state index in [1.54, 1.807) is 13.0 Å². The van der Waals surface area contributed by atoms with Crippen molar-refractivity contribution in [3.63, 3.8) is 0 Å². The molecule has 1 aliphatic heterocycles. The third-order valence-corrected chi connectivity index (χ3v) is 4.57. The van der Waals surface area contributed by atoms with Gasteiger partial charge in [-0.3, -0.25) is 4.79 Å². The second-order valence-corrected chi connectivity index (χ2v) is 6.46. The number of nitrogen functional groups attached to an aromatic ring is 1. The summed E-state index contributed by atoms with van der Waals surface area (Å²) in [6.45, 7) is 4.20. The van der Waals surface area contributed by atoms with Gasteiger partial charge in [0.25, 0.3) is 5.91 Å². The van der Waals surface area contributed by atoms with Crippen LogP contribution in [0.4, 0.5) is 10.5 Å². The third-order valence-electron chi connectivity index (χ3n) is 4.57. The highest BCUT2D eigenvalue weighted by atomic mass is 16.5. The minimum Gasteiger partial charge on any atom is -0.398 e. The normalized spacial score (nSPS) is 14.7. The Kier molecular flexibility index (Phi) is 5.44. The molecular formula is C19H22N6O3. The van der Waals surface area contributed by atoms with E-state index < -0.39 is 11.9 Å². The number of anilines is 1. The van der Waals surface area contributed by atoms with E-state index in [-0.39, 0.29) is 18.8 Å². The van der Waals surface area contributed by atoms with Gasteiger partial charge in [-0.25, -0.2) is 9.69 Å². The van der Waals surface area contributed by atoms with Crippen LogP contribution in [-0.4, -0.2) is 39.7 Å². The molecule has 0 saturated carbocycles. The topological polar surface area (TPSA) is 129 Å². The molecule has 1 aliphatic rings. The fourth-order valence-corrected chi connectivity index (χ4v) is 2.99. The van der Waals surface area contributed by atoms with E-state index in [0.29, 0.717) is 18.0 Å². The number of nitrogens with one attached hydrogen (secondary N) is 2. The number of carbonyl (C=O) groups excluding carboxylic acids is 2. The number of nitrogens with two attached hydrogens (primary N) is 1. The Morgan fingerprint density at radius 2 is 2.11 bits per heavy atom. The number of aromatic nitrogens is 1. The summed E-state index contributed by atoms with van der Waals surface area (Å²) in [6, 6.07) is 6.71. The molecule has 9 nitrogen and oxygen atoms in total. The lowest BCUT2D eigenvalue weighted by Crippen LogP contribution is -2.33. The molecule has 2 heterocycles. The van der Waals surface area contributed by atoms with Crippen molar-refractivity contribution >= 4 is 23.8 Å². The van der Waals surface area contributed by atoms with Gasteiger partial charge in [-0.05, 0) is 25.5 Å². The summed E-state index contributed by atoms with van der Waals surface area (Å²) in [5.41, 5.74) is 9.06. The van der Waals surface area contributed by atoms with Crippen LogP contribution in [-0.2, 0) is 17.9 Å². The van der Waals surface area contributed by atoms with Crippen molar-refractivity contribution in [1.29, 1.82) is 5.41 Å². The number of benzene rings is 1. The maximum atomic E-state index is 12.7. The Hall–Kier alpha value is -3.62. The van der Waals surface area contributed by atoms with Crippen LogP contribution in [0.3, 0.4) is 0 Å². The largest absolute Gasteiger partial charge is 0.398 e. The Bertz CT molecular complexity index is 929. The molecule has 3 amide bonds. The summed E-state index contributed by atoms with van der Waals surface area (Å²) in [7, 11) is 0. The zero-order valence-electron chi connectivity index (χ0n) is 15.7. The van der Waals surface area contributed by atoms with E-state index in [4.69, 9.17) is 15.7 Å². The predicted molar refractivity (Wildman–Crippen MR) is 103 cm³/mol. The number of nitrogens with zero attached hydrogens (tertiary/aromatic N) is 3. The van der Waals surface area contributed by atoms with Crippen LogP contribution < -0.4 is 11.1 Å². The maximum Gasteiger partial charge on any atom is 0.332 e. The highest BCUT2D eigenvalue weighted by Crippen LogP contribution is 2.21. The van der Waals surface area contributed by atoms with E-state index in [1.807, 2.05) is 25.1 Å². The minimum absolute atomic E-state index is 0.0672. The number of carbonyl (C=O) groups is 2. The average molecular weight is 382 g/mol. The molecule has 0 radical (unpaired) electrons. The number of aryl methyl sites for hydroxylation is 2. The second-order valence-electron chi connectivity index (χ2n) is 6.46. The molecule has 0 aliphatic carbocycles. The first-order valence-corrected chi connectivity index (χ1v) is 8.73. The lowest BCUT2D eigenvalue weighted by molar-refractivity contribution is -0.123. The lowest BCUT2D eigenvalue weighted by Gasteiger charge is -2.18. The van der Waals surface area contributed by atoms with E-state index in [9.17, 15) is 9.59 Å². The molecule has 3 rings (SSSR count). The van der Waals surface area contributed by atoms with Gasteiger partial charge in [0.05, 0.1) is 17.9 Å².